The third-order valence-electron chi connectivity index (χ3n) is 14.7. The quantitative estimate of drug-likeness (QED) is 0.140. The molecule has 0 fully saturated rings. The molecule has 0 radical (unpaired) electrons. The first kappa shape index (κ1) is 39.1. The monoisotopic (exact) mass is 850 g/mol. The van der Waals surface area contributed by atoms with Crippen LogP contribution >= 0.6 is 0 Å². The minimum atomic E-state index is -0.114. The summed E-state index contributed by atoms with van der Waals surface area (Å²) >= 11 is 0. The second-order valence-corrected chi connectivity index (χ2v) is 18.7. The van der Waals surface area contributed by atoms with Gasteiger partial charge in [0, 0.05) is 5.41 Å². The Morgan fingerprint density at radius 3 is 1.24 bits per heavy atom. The van der Waals surface area contributed by atoms with Crippen LogP contribution in [0.25, 0.3) is 121 Å². The molecule has 0 heteroatoms. The van der Waals surface area contributed by atoms with Crippen molar-refractivity contribution in [3.8, 4) is 89.0 Å². The van der Waals surface area contributed by atoms with E-state index >= 15 is 0 Å². The first-order valence-electron chi connectivity index (χ1n) is 23.5. The van der Waals surface area contributed by atoms with Crippen LogP contribution in [0.15, 0.2) is 243 Å². The van der Waals surface area contributed by atoms with E-state index in [-0.39, 0.29) is 5.41 Å². The Kier molecular flexibility index (Phi) is 8.98. The van der Waals surface area contributed by atoms with Gasteiger partial charge in [0.2, 0.25) is 0 Å². The van der Waals surface area contributed by atoms with Gasteiger partial charge in [0.05, 0.1) is 0 Å². The van der Waals surface area contributed by atoms with E-state index in [1.165, 1.54) is 132 Å². The van der Waals surface area contributed by atoms with Gasteiger partial charge in [-0.3, -0.25) is 0 Å². The maximum atomic E-state index is 2.49. The van der Waals surface area contributed by atoms with Crippen molar-refractivity contribution in [2.75, 3.05) is 0 Å². The zero-order valence-corrected chi connectivity index (χ0v) is 37.6. The molecule has 0 saturated carbocycles. The average molecular weight is 851 g/mol. The predicted molar refractivity (Wildman–Crippen MR) is 286 cm³/mol. The molecule has 1 aliphatic carbocycles. The first-order chi connectivity index (χ1) is 33.0. The third-order valence-corrected chi connectivity index (χ3v) is 14.7. The molecule has 67 heavy (non-hydrogen) atoms. The van der Waals surface area contributed by atoms with Gasteiger partial charge in [0.15, 0.2) is 0 Å². The second-order valence-electron chi connectivity index (χ2n) is 18.7. The standard InChI is InChI=1S/C67H46/c1-67(2)63-24-14-13-23-56(63)57-37-35-50(41-64(57)67)61-42-62(54-22-12-10-20-52(54)48-31-27-46(28-32-48)44-17-7-4-8-18-44)60-38-34-49-33-36-55(58-39-40-59(61)66(60)65(49)58)53-21-11-9-19-51(53)47-29-25-45(26-30-47)43-15-5-3-6-16-43/h3-42H,1-2H3. The first-order valence-corrected chi connectivity index (χ1v) is 23.5. The Hall–Kier alpha value is -8.32. The van der Waals surface area contributed by atoms with Gasteiger partial charge in [-0.15, -0.1) is 0 Å². The Morgan fingerprint density at radius 1 is 0.224 bits per heavy atom. The molecule has 0 heterocycles. The van der Waals surface area contributed by atoms with Gasteiger partial charge < -0.3 is 0 Å². The van der Waals surface area contributed by atoms with Crippen molar-refractivity contribution in [1.29, 1.82) is 0 Å². The summed E-state index contributed by atoms with van der Waals surface area (Å²) in [4.78, 5) is 0. The van der Waals surface area contributed by atoms with Gasteiger partial charge in [0.1, 0.15) is 0 Å². The van der Waals surface area contributed by atoms with Crippen molar-refractivity contribution in [1.82, 2.24) is 0 Å². The van der Waals surface area contributed by atoms with Crippen molar-refractivity contribution in [3.05, 3.63) is 254 Å². The lowest BCUT2D eigenvalue weighted by Crippen LogP contribution is -2.14. The number of fused-ring (bicyclic) bond motifs is 3. The normalized spacial score (nSPS) is 12.7. The van der Waals surface area contributed by atoms with Crippen LogP contribution in [0.4, 0.5) is 0 Å². The summed E-state index contributed by atoms with van der Waals surface area (Å²) in [6, 6.07) is 90.3. The van der Waals surface area contributed by atoms with E-state index in [2.05, 4.69) is 257 Å². The molecule has 0 aliphatic heterocycles. The number of hydrogen-bond acceptors (Lipinski definition) is 0. The van der Waals surface area contributed by atoms with E-state index < -0.39 is 0 Å². The lowest BCUT2D eigenvalue weighted by Gasteiger charge is -2.23. The highest BCUT2D eigenvalue weighted by atomic mass is 14.4. The summed E-state index contributed by atoms with van der Waals surface area (Å²) in [5, 5.41) is 7.68. The maximum absolute atomic E-state index is 2.49. The van der Waals surface area contributed by atoms with Crippen molar-refractivity contribution >= 4 is 32.3 Å². The molecule has 12 aromatic carbocycles. The molecule has 0 aromatic heterocycles. The lowest BCUT2D eigenvalue weighted by atomic mass is 9.80. The molecule has 0 spiro atoms. The molecular weight excluding hydrogens is 805 g/mol. The average Bonchev–Trinajstić information content (AvgIpc) is 3.63. The molecule has 0 amide bonds. The summed E-state index contributed by atoms with van der Waals surface area (Å²) in [5.41, 5.74) is 22.5. The van der Waals surface area contributed by atoms with Crippen LogP contribution < -0.4 is 0 Å². The Labute approximate surface area is 392 Å². The zero-order valence-electron chi connectivity index (χ0n) is 37.6. The van der Waals surface area contributed by atoms with Crippen molar-refractivity contribution in [3.63, 3.8) is 0 Å². The van der Waals surface area contributed by atoms with Crippen molar-refractivity contribution in [2.24, 2.45) is 0 Å². The van der Waals surface area contributed by atoms with E-state index in [4.69, 9.17) is 0 Å². The lowest BCUT2D eigenvalue weighted by molar-refractivity contribution is 0.660. The minimum Gasteiger partial charge on any atom is -0.0622 e. The summed E-state index contributed by atoms with van der Waals surface area (Å²) < 4.78 is 0. The Balaban J connectivity index is 1.04. The van der Waals surface area contributed by atoms with Gasteiger partial charge in [-0.1, -0.05) is 244 Å². The van der Waals surface area contributed by atoms with Gasteiger partial charge in [-0.25, -0.2) is 0 Å². The summed E-state index contributed by atoms with van der Waals surface area (Å²) in [6.07, 6.45) is 0. The molecule has 0 saturated heterocycles. The maximum Gasteiger partial charge on any atom is 0.0159 e. The van der Waals surface area contributed by atoms with Crippen LogP contribution in [0.5, 0.6) is 0 Å². The van der Waals surface area contributed by atoms with E-state index in [1.54, 1.807) is 0 Å². The van der Waals surface area contributed by atoms with E-state index in [9.17, 15) is 0 Å². The molecule has 314 valence electrons. The molecule has 0 atom stereocenters. The zero-order chi connectivity index (χ0) is 44.6. The molecule has 0 nitrogen and oxygen atoms in total. The van der Waals surface area contributed by atoms with Crippen LogP contribution in [0.2, 0.25) is 0 Å². The smallest absolute Gasteiger partial charge is 0.0159 e. The largest absolute Gasteiger partial charge is 0.0622 e. The topological polar surface area (TPSA) is 0 Å². The van der Waals surface area contributed by atoms with E-state index in [0.717, 1.165) is 0 Å². The van der Waals surface area contributed by atoms with Gasteiger partial charge in [-0.05, 0) is 145 Å². The van der Waals surface area contributed by atoms with E-state index in [0.29, 0.717) is 0 Å². The highest BCUT2D eigenvalue weighted by Crippen LogP contribution is 2.52. The van der Waals surface area contributed by atoms with Gasteiger partial charge in [-0.2, -0.15) is 0 Å². The van der Waals surface area contributed by atoms with Crippen LogP contribution in [0.3, 0.4) is 0 Å². The predicted octanol–water partition coefficient (Wildman–Crippen LogP) is 18.6. The van der Waals surface area contributed by atoms with Crippen LogP contribution in [-0.4, -0.2) is 0 Å². The SMILES string of the molecule is CC1(C)c2ccccc2-c2ccc(-c3cc(-c4ccccc4-c4ccc(-c5ccccc5)cc4)c4ccc5ccc(-c6ccccc6-c6ccc(-c7ccccc7)cc6)c6ccc3c4c56)cc21. The van der Waals surface area contributed by atoms with Gasteiger partial charge >= 0.3 is 0 Å². The molecular formula is C67H46. The van der Waals surface area contributed by atoms with Crippen LogP contribution in [0, 0.1) is 0 Å². The molecule has 0 N–H and O–H groups in total. The number of rotatable bonds is 7. The van der Waals surface area contributed by atoms with E-state index in [1.807, 2.05) is 0 Å². The Bertz CT molecular complexity index is 3840. The molecule has 0 bridgehead atoms. The molecule has 1 aliphatic rings. The summed E-state index contributed by atoms with van der Waals surface area (Å²) in [6.45, 7) is 4.76. The summed E-state index contributed by atoms with van der Waals surface area (Å²) in [5.74, 6) is 0. The molecule has 12 aromatic rings. The number of hydrogen-bond donors (Lipinski definition) is 0. The highest BCUT2D eigenvalue weighted by Gasteiger charge is 2.35. The van der Waals surface area contributed by atoms with Crippen LogP contribution in [-0.2, 0) is 5.41 Å². The Morgan fingerprint density at radius 2 is 0.627 bits per heavy atom. The summed E-state index contributed by atoms with van der Waals surface area (Å²) in [7, 11) is 0. The fourth-order valence-electron chi connectivity index (χ4n) is 11.4. The third kappa shape index (κ3) is 6.28. The molecule has 0 unspecified atom stereocenters. The minimum absolute atomic E-state index is 0.114. The van der Waals surface area contributed by atoms with Gasteiger partial charge in [0.25, 0.3) is 0 Å². The van der Waals surface area contributed by atoms with Crippen LogP contribution in [0.1, 0.15) is 25.0 Å². The highest BCUT2D eigenvalue weighted by molar-refractivity contribution is 6.30. The number of benzene rings is 12. The molecule has 13 rings (SSSR count). The fraction of sp³-hybridized carbons (Fsp3) is 0.0448. The van der Waals surface area contributed by atoms with Crippen molar-refractivity contribution in [2.45, 2.75) is 19.3 Å². The second kappa shape index (κ2) is 15.4. The fourth-order valence-corrected chi connectivity index (χ4v) is 11.4. The van der Waals surface area contributed by atoms with Crippen molar-refractivity contribution < 1.29 is 0 Å².